The van der Waals surface area contributed by atoms with Crippen LogP contribution in [0.3, 0.4) is 0 Å². The van der Waals surface area contributed by atoms with Crippen molar-refractivity contribution in [3.63, 3.8) is 0 Å². The number of benzene rings is 2. The summed E-state index contributed by atoms with van der Waals surface area (Å²) in [5.74, 6) is 1.15. The van der Waals surface area contributed by atoms with Crippen molar-refractivity contribution >= 4 is 17.5 Å². The lowest BCUT2D eigenvalue weighted by molar-refractivity contribution is 0.104. The molecular formula is C18H19NO4. The van der Waals surface area contributed by atoms with E-state index >= 15 is 0 Å². The first kappa shape index (κ1) is 16.4. The minimum Gasteiger partial charge on any atom is -0.493 e. The Bertz CT molecular complexity index is 713. The van der Waals surface area contributed by atoms with Crippen molar-refractivity contribution in [2.24, 2.45) is 0 Å². The van der Waals surface area contributed by atoms with E-state index < -0.39 is 0 Å². The van der Waals surface area contributed by atoms with E-state index in [0.717, 1.165) is 5.56 Å². The SMILES string of the molecule is COc1cc(C(=O)/C=C/c2cccc(N)c2)cc(OC)c1OC. The maximum atomic E-state index is 12.4. The number of carbonyl (C=O) groups is 1. The molecule has 0 aromatic heterocycles. The second kappa shape index (κ2) is 7.35. The summed E-state index contributed by atoms with van der Waals surface area (Å²) in [6.07, 6.45) is 3.19. The van der Waals surface area contributed by atoms with Gasteiger partial charge in [0.25, 0.3) is 0 Å². The number of ketones is 1. The molecule has 0 amide bonds. The zero-order valence-electron chi connectivity index (χ0n) is 13.3. The van der Waals surface area contributed by atoms with Gasteiger partial charge in [0.05, 0.1) is 21.3 Å². The summed E-state index contributed by atoms with van der Waals surface area (Å²) in [5, 5.41) is 0. The third-order valence-electron chi connectivity index (χ3n) is 3.29. The molecule has 0 aliphatic rings. The molecule has 0 aliphatic carbocycles. The first-order chi connectivity index (χ1) is 11.1. The molecule has 5 heteroatoms. The number of nitrogen functional groups attached to an aromatic ring is 1. The van der Waals surface area contributed by atoms with Crippen LogP contribution in [-0.2, 0) is 0 Å². The Hall–Kier alpha value is -2.95. The molecule has 0 unspecified atom stereocenters. The number of rotatable bonds is 6. The van der Waals surface area contributed by atoms with Crippen LogP contribution in [0.2, 0.25) is 0 Å². The molecule has 2 rings (SSSR count). The van der Waals surface area contributed by atoms with E-state index in [1.54, 1.807) is 30.3 Å². The fourth-order valence-electron chi connectivity index (χ4n) is 2.15. The van der Waals surface area contributed by atoms with Gasteiger partial charge in [-0.15, -0.1) is 0 Å². The van der Waals surface area contributed by atoms with Crippen LogP contribution < -0.4 is 19.9 Å². The average molecular weight is 313 g/mol. The number of ether oxygens (including phenoxy) is 3. The van der Waals surface area contributed by atoms with Crippen molar-refractivity contribution in [2.75, 3.05) is 27.1 Å². The van der Waals surface area contributed by atoms with Gasteiger partial charge in [0, 0.05) is 11.3 Å². The molecule has 0 saturated heterocycles. The van der Waals surface area contributed by atoms with Crippen molar-refractivity contribution in [3.8, 4) is 17.2 Å². The van der Waals surface area contributed by atoms with E-state index in [1.807, 2.05) is 12.1 Å². The van der Waals surface area contributed by atoms with Crippen molar-refractivity contribution in [1.82, 2.24) is 0 Å². The van der Waals surface area contributed by atoms with Gasteiger partial charge in [-0.1, -0.05) is 18.2 Å². The van der Waals surface area contributed by atoms with Crippen LogP contribution >= 0.6 is 0 Å². The Labute approximate surface area is 135 Å². The van der Waals surface area contributed by atoms with Crippen LogP contribution in [0.25, 0.3) is 6.08 Å². The number of hydrogen-bond donors (Lipinski definition) is 1. The van der Waals surface area contributed by atoms with Gasteiger partial charge in [-0.25, -0.2) is 0 Å². The molecule has 0 atom stereocenters. The van der Waals surface area contributed by atoms with Gasteiger partial charge in [-0.05, 0) is 35.9 Å². The van der Waals surface area contributed by atoms with Gasteiger partial charge in [-0.2, -0.15) is 0 Å². The van der Waals surface area contributed by atoms with E-state index in [4.69, 9.17) is 19.9 Å². The lowest BCUT2D eigenvalue weighted by atomic mass is 10.1. The van der Waals surface area contributed by atoms with E-state index in [-0.39, 0.29) is 5.78 Å². The molecule has 0 saturated carbocycles. The van der Waals surface area contributed by atoms with Crippen molar-refractivity contribution in [1.29, 1.82) is 0 Å². The molecular weight excluding hydrogens is 294 g/mol. The number of hydrogen-bond acceptors (Lipinski definition) is 5. The van der Waals surface area contributed by atoms with Gasteiger partial charge < -0.3 is 19.9 Å². The van der Waals surface area contributed by atoms with Gasteiger partial charge in [-0.3, -0.25) is 4.79 Å². The lowest BCUT2D eigenvalue weighted by Crippen LogP contribution is -2.00. The Morgan fingerprint density at radius 1 is 1.00 bits per heavy atom. The van der Waals surface area contributed by atoms with Crippen LogP contribution in [0, 0.1) is 0 Å². The van der Waals surface area contributed by atoms with Gasteiger partial charge in [0.2, 0.25) is 5.75 Å². The van der Waals surface area contributed by atoms with Crippen LogP contribution in [0.5, 0.6) is 17.2 Å². The highest BCUT2D eigenvalue weighted by Gasteiger charge is 2.15. The van der Waals surface area contributed by atoms with Crippen LogP contribution in [-0.4, -0.2) is 27.1 Å². The largest absolute Gasteiger partial charge is 0.493 e. The topological polar surface area (TPSA) is 70.8 Å². The van der Waals surface area contributed by atoms with Crippen LogP contribution in [0.1, 0.15) is 15.9 Å². The summed E-state index contributed by atoms with van der Waals surface area (Å²) in [7, 11) is 4.53. The van der Waals surface area contributed by atoms with E-state index in [9.17, 15) is 4.79 Å². The quantitative estimate of drug-likeness (QED) is 0.504. The maximum Gasteiger partial charge on any atom is 0.203 e. The smallest absolute Gasteiger partial charge is 0.203 e. The molecule has 0 fully saturated rings. The molecule has 23 heavy (non-hydrogen) atoms. The number of allylic oxidation sites excluding steroid dienone is 1. The zero-order valence-corrected chi connectivity index (χ0v) is 13.3. The molecule has 120 valence electrons. The normalized spacial score (nSPS) is 10.6. The van der Waals surface area contributed by atoms with Crippen molar-refractivity contribution in [3.05, 3.63) is 53.6 Å². The number of carbonyl (C=O) groups excluding carboxylic acids is 1. The summed E-state index contributed by atoms with van der Waals surface area (Å²) in [5.41, 5.74) is 7.66. The van der Waals surface area contributed by atoms with Gasteiger partial charge in [0.1, 0.15) is 0 Å². The summed E-state index contributed by atoms with van der Waals surface area (Å²) >= 11 is 0. The Balaban J connectivity index is 2.32. The van der Waals surface area contributed by atoms with Gasteiger partial charge >= 0.3 is 0 Å². The molecule has 0 aliphatic heterocycles. The monoisotopic (exact) mass is 313 g/mol. The summed E-state index contributed by atoms with van der Waals surface area (Å²) < 4.78 is 15.7. The average Bonchev–Trinajstić information content (AvgIpc) is 2.58. The number of anilines is 1. The fourth-order valence-corrected chi connectivity index (χ4v) is 2.15. The first-order valence-corrected chi connectivity index (χ1v) is 6.97. The number of nitrogens with two attached hydrogens (primary N) is 1. The van der Waals surface area contributed by atoms with E-state index in [1.165, 1.54) is 27.4 Å². The van der Waals surface area contributed by atoms with E-state index in [2.05, 4.69) is 0 Å². The molecule has 0 radical (unpaired) electrons. The predicted molar refractivity (Wildman–Crippen MR) is 90.3 cm³/mol. The maximum absolute atomic E-state index is 12.4. The highest BCUT2D eigenvalue weighted by atomic mass is 16.5. The first-order valence-electron chi connectivity index (χ1n) is 6.97. The summed E-state index contributed by atoms with van der Waals surface area (Å²) in [4.78, 5) is 12.4. The predicted octanol–water partition coefficient (Wildman–Crippen LogP) is 3.19. The third kappa shape index (κ3) is 3.83. The van der Waals surface area contributed by atoms with E-state index in [0.29, 0.717) is 28.5 Å². The standard InChI is InChI=1S/C18H19NO4/c1-21-16-10-13(11-17(22-2)18(16)23-3)15(20)8-7-12-5-4-6-14(19)9-12/h4-11H,19H2,1-3H3/b8-7+. The second-order valence-corrected chi connectivity index (χ2v) is 4.78. The molecule has 0 heterocycles. The Morgan fingerprint density at radius 3 is 2.17 bits per heavy atom. The highest BCUT2D eigenvalue weighted by Crippen LogP contribution is 2.38. The minimum atomic E-state index is -0.174. The minimum absolute atomic E-state index is 0.174. The van der Waals surface area contributed by atoms with Gasteiger partial charge in [0.15, 0.2) is 17.3 Å². The highest BCUT2D eigenvalue weighted by molar-refractivity contribution is 6.07. The third-order valence-corrected chi connectivity index (χ3v) is 3.29. The molecule has 2 N–H and O–H groups in total. The Kier molecular flexibility index (Phi) is 5.25. The number of methoxy groups -OCH3 is 3. The van der Waals surface area contributed by atoms with Crippen molar-refractivity contribution < 1.29 is 19.0 Å². The lowest BCUT2D eigenvalue weighted by Gasteiger charge is -2.13. The van der Waals surface area contributed by atoms with Crippen molar-refractivity contribution in [2.45, 2.75) is 0 Å². The van der Waals surface area contributed by atoms with Crippen LogP contribution in [0.15, 0.2) is 42.5 Å². The molecule has 2 aromatic rings. The molecule has 0 bridgehead atoms. The zero-order chi connectivity index (χ0) is 16.8. The fraction of sp³-hybridized carbons (Fsp3) is 0.167. The molecule has 5 nitrogen and oxygen atoms in total. The summed E-state index contributed by atoms with van der Waals surface area (Å²) in [6, 6.07) is 10.5. The molecule has 0 spiro atoms. The second-order valence-electron chi connectivity index (χ2n) is 4.78. The van der Waals surface area contributed by atoms with Crippen LogP contribution in [0.4, 0.5) is 5.69 Å². The Morgan fingerprint density at radius 2 is 1.65 bits per heavy atom. The summed E-state index contributed by atoms with van der Waals surface area (Å²) in [6.45, 7) is 0. The molecule has 2 aromatic carbocycles.